The number of aryl methyl sites for hydroxylation is 1. The molecule has 1 saturated heterocycles. The van der Waals surface area contributed by atoms with E-state index in [2.05, 4.69) is 52.9 Å². The van der Waals surface area contributed by atoms with E-state index >= 15 is 0 Å². The van der Waals surface area contributed by atoms with Crippen LogP contribution in [0, 0.1) is 6.92 Å². The van der Waals surface area contributed by atoms with Crippen LogP contribution < -0.4 is 0 Å². The highest BCUT2D eigenvalue weighted by atomic mass is 32.2. The lowest BCUT2D eigenvalue weighted by Gasteiger charge is -2.21. The van der Waals surface area contributed by atoms with Crippen molar-refractivity contribution >= 4 is 11.8 Å². The summed E-state index contributed by atoms with van der Waals surface area (Å²) in [4.78, 5) is 0. The van der Waals surface area contributed by atoms with Gasteiger partial charge in [-0.05, 0) is 33.1 Å². The molecule has 1 aromatic carbocycles. The Morgan fingerprint density at radius 1 is 1.23 bits per heavy atom. The highest BCUT2D eigenvalue weighted by molar-refractivity contribution is 7.99. The Morgan fingerprint density at radius 3 is 2.73 bits per heavy atom. The highest BCUT2D eigenvalue weighted by Crippen LogP contribution is 2.26. The molecule has 4 nitrogen and oxygen atoms in total. The van der Waals surface area contributed by atoms with Crippen LogP contribution in [0.2, 0.25) is 0 Å². The standard InChI is InChI=1S/C17H23N3OS/c1-3-20-16(14-9-7-13(2)8-10-14)18-19-17(20)22-12-15-6-4-5-11-21-15/h7-10,15H,3-6,11-12H2,1-2H3/t15-/m0/s1. The SMILES string of the molecule is CCn1c(SC[C@@H]2CCCCO2)nnc1-c1ccc(C)cc1. The first kappa shape index (κ1) is 15.6. The minimum atomic E-state index is 0.364. The van der Waals surface area contributed by atoms with Crippen LogP contribution in [0.3, 0.4) is 0 Å². The van der Waals surface area contributed by atoms with Crippen molar-refractivity contribution in [1.82, 2.24) is 14.8 Å². The molecular formula is C17H23N3OS. The molecule has 1 aliphatic rings. The fourth-order valence-corrected chi connectivity index (χ4v) is 3.77. The summed E-state index contributed by atoms with van der Waals surface area (Å²) in [5, 5.41) is 9.79. The lowest BCUT2D eigenvalue weighted by molar-refractivity contribution is 0.0315. The third-order valence-electron chi connectivity index (χ3n) is 4.02. The fraction of sp³-hybridized carbons (Fsp3) is 0.529. The Labute approximate surface area is 136 Å². The van der Waals surface area contributed by atoms with E-state index in [0.717, 1.165) is 41.9 Å². The average Bonchev–Trinajstić information content (AvgIpc) is 2.97. The molecular weight excluding hydrogens is 294 g/mol. The van der Waals surface area contributed by atoms with Gasteiger partial charge in [0, 0.05) is 24.5 Å². The molecule has 2 heterocycles. The van der Waals surface area contributed by atoms with Gasteiger partial charge in [0.2, 0.25) is 0 Å². The van der Waals surface area contributed by atoms with Crippen molar-refractivity contribution in [2.75, 3.05) is 12.4 Å². The Kier molecular flexibility index (Phi) is 5.16. The van der Waals surface area contributed by atoms with Gasteiger partial charge in [-0.3, -0.25) is 0 Å². The predicted octanol–water partition coefficient (Wildman–Crippen LogP) is 3.93. The number of hydrogen-bond acceptors (Lipinski definition) is 4. The Hall–Kier alpha value is -1.33. The topological polar surface area (TPSA) is 39.9 Å². The Bertz CT molecular complexity index is 603. The van der Waals surface area contributed by atoms with Crippen LogP contribution in [0.25, 0.3) is 11.4 Å². The smallest absolute Gasteiger partial charge is 0.191 e. The van der Waals surface area contributed by atoms with Crippen molar-refractivity contribution < 1.29 is 4.74 Å². The number of rotatable bonds is 5. The van der Waals surface area contributed by atoms with Crippen molar-refractivity contribution in [3.8, 4) is 11.4 Å². The van der Waals surface area contributed by atoms with Crippen molar-refractivity contribution in [1.29, 1.82) is 0 Å². The van der Waals surface area contributed by atoms with Crippen LogP contribution in [0.5, 0.6) is 0 Å². The molecule has 0 amide bonds. The lowest BCUT2D eigenvalue weighted by Crippen LogP contribution is -2.21. The maximum Gasteiger partial charge on any atom is 0.191 e. The number of aromatic nitrogens is 3. The molecule has 1 atom stereocenters. The van der Waals surface area contributed by atoms with Gasteiger partial charge in [0.25, 0.3) is 0 Å². The van der Waals surface area contributed by atoms with Crippen molar-refractivity contribution in [3.63, 3.8) is 0 Å². The van der Waals surface area contributed by atoms with E-state index in [9.17, 15) is 0 Å². The number of ether oxygens (including phenoxy) is 1. The predicted molar refractivity (Wildman–Crippen MR) is 90.2 cm³/mol. The molecule has 0 radical (unpaired) electrons. The van der Waals surface area contributed by atoms with E-state index in [-0.39, 0.29) is 0 Å². The monoisotopic (exact) mass is 317 g/mol. The van der Waals surface area contributed by atoms with Crippen LogP contribution in [0.4, 0.5) is 0 Å². The molecule has 0 bridgehead atoms. The van der Waals surface area contributed by atoms with Crippen LogP contribution >= 0.6 is 11.8 Å². The summed E-state index contributed by atoms with van der Waals surface area (Å²) in [6.07, 6.45) is 4.01. The van der Waals surface area contributed by atoms with E-state index in [0.29, 0.717) is 6.10 Å². The molecule has 0 aliphatic carbocycles. The molecule has 0 saturated carbocycles. The van der Waals surface area contributed by atoms with Gasteiger partial charge >= 0.3 is 0 Å². The van der Waals surface area contributed by atoms with E-state index in [1.54, 1.807) is 11.8 Å². The first-order chi connectivity index (χ1) is 10.8. The third-order valence-corrected chi connectivity index (χ3v) is 5.11. The van der Waals surface area contributed by atoms with Gasteiger partial charge in [-0.25, -0.2) is 0 Å². The maximum atomic E-state index is 5.80. The molecule has 2 aromatic rings. The molecule has 3 rings (SSSR count). The van der Waals surface area contributed by atoms with Gasteiger partial charge in [-0.15, -0.1) is 10.2 Å². The summed E-state index contributed by atoms with van der Waals surface area (Å²) in [5.41, 5.74) is 2.39. The van der Waals surface area contributed by atoms with Gasteiger partial charge < -0.3 is 9.30 Å². The van der Waals surface area contributed by atoms with E-state index in [1.165, 1.54) is 18.4 Å². The zero-order chi connectivity index (χ0) is 15.4. The van der Waals surface area contributed by atoms with Gasteiger partial charge in [0.1, 0.15) is 0 Å². The highest BCUT2D eigenvalue weighted by Gasteiger charge is 2.18. The minimum Gasteiger partial charge on any atom is -0.377 e. The first-order valence-corrected chi connectivity index (χ1v) is 9.01. The summed E-state index contributed by atoms with van der Waals surface area (Å²) in [5.74, 6) is 1.92. The van der Waals surface area contributed by atoms with Crippen LogP contribution in [0.1, 0.15) is 31.7 Å². The lowest BCUT2D eigenvalue weighted by atomic mass is 10.1. The summed E-state index contributed by atoms with van der Waals surface area (Å²) in [7, 11) is 0. The summed E-state index contributed by atoms with van der Waals surface area (Å²) < 4.78 is 7.99. The second-order valence-electron chi connectivity index (χ2n) is 5.72. The molecule has 1 fully saturated rings. The van der Waals surface area contributed by atoms with E-state index in [4.69, 9.17) is 4.74 Å². The number of nitrogens with zero attached hydrogens (tertiary/aromatic N) is 3. The van der Waals surface area contributed by atoms with Gasteiger partial charge in [0.05, 0.1) is 6.10 Å². The van der Waals surface area contributed by atoms with Gasteiger partial charge in [0.15, 0.2) is 11.0 Å². The second-order valence-corrected chi connectivity index (χ2v) is 6.70. The second kappa shape index (κ2) is 7.29. The largest absolute Gasteiger partial charge is 0.377 e. The van der Waals surface area contributed by atoms with E-state index < -0.39 is 0 Å². The van der Waals surface area contributed by atoms with Gasteiger partial charge in [-0.2, -0.15) is 0 Å². The molecule has 0 unspecified atom stereocenters. The molecule has 1 aliphatic heterocycles. The minimum absolute atomic E-state index is 0.364. The zero-order valence-corrected chi connectivity index (χ0v) is 14.1. The summed E-state index contributed by atoms with van der Waals surface area (Å²) in [6.45, 7) is 6.02. The number of thioether (sulfide) groups is 1. The fourth-order valence-electron chi connectivity index (χ4n) is 2.70. The van der Waals surface area contributed by atoms with Crippen LogP contribution in [-0.4, -0.2) is 33.2 Å². The van der Waals surface area contributed by atoms with Crippen LogP contribution in [0.15, 0.2) is 29.4 Å². The Balaban J connectivity index is 1.73. The summed E-state index contributed by atoms with van der Waals surface area (Å²) in [6, 6.07) is 8.47. The van der Waals surface area contributed by atoms with Gasteiger partial charge in [-0.1, -0.05) is 41.6 Å². The maximum absolute atomic E-state index is 5.80. The molecule has 22 heavy (non-hydrogen) atoms. The molecule has 0 N–H and O–H groups in total. The number of hydrogen-bond donors (Lipinski definition) is 0. The molecule has 5 heteroatoms. The molecule has 118 valence electrons. The Morgan fingerprint density at radius 2 is 2.05 bits per heavy atom. The van der Waals surface area contributed by atoms with Crippen molar-refractivity contribution in [3.05, 3.63) is 29.8 Å². The van der Waals surface area contributed by atoms with Crippen LogP contribution in [-0.2, 0) is 11.3 Å². The van der Waals surface area contributed by atoms with E-state index in [1.807, 2.05) is 0 Å². The average molecular weight is 317 g/mol. The zero-order valence-electron chi connectivity index (χ0n) is 13.3. The first-order valence-electron chi connectivity index (χ1n) is 8.02. The van der Waals surface area contributed by atoms with Crippen molar-refractivity contribution in [2.24, 2.45) is 0 Å². The number of benzene rings is 1. The normalized spacial score (nSPS) is 18.5. The third kappa shape index (κ3) is 3.52. The quantitative estimate of drug-likeness (QED) is 0.783. The summed E-state index contributed by atoms with van der Waals surface area (Å²) >= 11 is 1.76. The molecule has 0 spiro atoms. The molecule has 1 aromatic heterocycles. The van der Waals surface area contributed by atoms with Crippen molar-refractivity contribution in [2.45, 2.75) is 50.9 Å².